The molecule has 0 radical (unpaired) electrons. The lowest BCUT2D eigenvalue weighted by atomic mass is 9.51. The number of nitrogens with zero attached hydrogens (tertiary/aromatic N) is 1. The first-order valence-corrected chi connectivity index (χ1v) is 3.89. The highest BCUT2D eigenvalue weighted by Gasteiger charge is 2.05. The fourth-order valence-corrected chi connectivity index (χ4v) is 0.572. The standard InChI is InChI=1S/C8H16BNO/c1-9(2)8(11)6-5-7-10(3)4/h5-6H,7H2,1-4H3/b6-5+. The van der Waals surface area contributed by atoms with Crippen molar-refractivity contribution in [2.24, 2.45) is 0 Å². The average molecular weight is 153 g/mol. The van der Waals surface area contributed by atoms with E-state index >= 15 is 0 Å². The Morgan fingerprint density at radius 3 is 2.36 bits per heavy atom. The first-order valence-electron chi connectivity index (χ1n) is 3.89. The number of hydrogen-bond acceptors (Lipinski definition) is 2. The van der Waals surface area contributed by atoms with Crippen LogP contribution in [0.5, 0.6) is 0 Å². The molecule has 0 saturated carbocycles. The Morgan fingerprint density at radius 1 is 1.45 bits per heavy atom. The van der Waals surface area contributed by atoms with E-state index in [2.05, 4.69) is 0 Å². The van der Waals surface area contributed by atoms with Crippen molar-refractivity contribution in [3.63, 3.8) is 0 Å². The van der Waals surface area contributed by atoms with E-state index in [-0.39, 0.29) is 12.4 Å². The SMILES string of the molecule is CB(C)C(=O)/C=C/CN(C)C. The summed E-state index contributed by atoms with van der Waals surface area (Å²) >= 11 is 0. The van der Waals surface area contributed by atoms with E-state index in [1.807, 2.05) is 38.7 Å². The van der Waals surface area contributed by atoms with Gasteiger partial charge >= 0.3 is 0 Å². The number of likely N-dealkylation sites (N-methyl/N-ethyl adjacent to an activating group) is 1. The maximum absolute atomic E-state index is 11.0. The number of carbonyl (C=O) groups excluding carboxylic acids is 1. The molecule has 0 aliphatic heterocycles. The largest absolute Gasteiger partial charge is 0.306 e. The molecule has 0 unspecified atom stereocenters. The molecule has 0 aliphatic carbocycles. The fourth-order valence-electron chi connectivity index (χ4n) is 0.572. The minimum Gasteiger partial charge on any atom is -0.306 e. The van der Waals surface area contributed by atoms with Gasteiger partial charge in [0.05, 0.1) is 0 Å². The zero-order valence-corrected chi connectivity index (χ0v) is 7.79. The summed E-state index contributed by atoms with van der Waals surface area (Å²) in [6.07, 6.45) is 3.55. The van der Waals surface area contributed by atoms with Gasteiger partial charge in [0.1, 0.15) is 5.68 Å². The van der Waals surface area contributed by atoms with Crippen LogP contribution in [-0.2, 0) is 4.79 Å². The van der Waals surface area contributed by atoms with E-state index < -0.39 is 0 Å². The van der Waals surface area contributed by atoms with Crippen molar-refractivity contribution in [1.82, 2.24) is 4.90 Å². The fraction of sp³-hybridized carbons (Fsp3) is 0.625. The van der Waals surface area contributed by atoms with Crippen molar-refractivity contribution in [2.45, 2.75) is 13.6 Å². The van der Waals surface area contributed by atoms with Gasteiger partial charge in [-0.3, -0.25) is 0 Å². The summed E-state index contributed by atoms with van der Waals surface area (Å²) in [5, 5.41) is 0. The van der Waals surface area contributed by atoms with Crippen LogP contribution >= 0.6 is 0 Å². The predicted octanol–water partition coefficient (Wildman–Crippen LogP) is 0.967. The van der Waals surface area contributed by atoms with Gasteiger partial charge in [-0.1, -0.05) is 19.7 Å². The molecular formula is C8H16BNO. The van der Waals surface area contributed by atoms with E-state index in [1.54, 1.807) is 6.08 Å². The molecule has 0 atom stereocenters. The van der Waals surface area contributed by atoms with Crippen molar-refractivity contribution in [1.29, 1.82) is 0 Å². The van der Waals surface area contributed by atoms with Crippen molar-refractivity contribution in [2.75, 3.05) is 20.6 Å². The molecule has 11 heavy (non-hydrogen) atoms. The van der Waals surface area contributed by atoms with Crippen LogP contribution in [0.3, 0.4) is 0 Å². The van der Waals surface area contributed by atoms with Crippen LogP contribution in [0.15, 0.2) is 12.2 Å². The third-order valence-corrected chi connectivity index (χ3v) is 1.32. The molecule has 0 heterocycles. The summed E-state index contributed by atoms with van der Waals surface area (Å²) in [4.78, 5) is 13.0. The second-order valence-electron chi connectivity index (χ2n) is 3.22. The molecular weight excluding hydrogens is 137 g/mol. The first-order chi connectivity index (χ1) is 5.04. The second kappa shape index (κ2) is 5.13. The summed E-state index contributed by atoms with van der Waals surface area (Å²) in [5.74, 6) is 0. The van der Waals surface area contributed by atoms with Crippen LogP contribution in [0.4, 0.5) is 0 Å². The third kappa shape index (κ3) is 5.86. The lowest BCUT2D eigenvalue weighted by Crippen LogP contribution is -2.16. The van der Waals surface area contributed by atoms with Gasteiger partial charge in [0.25, 0.3) is 0 Å². The summed E-state index contributed by atoms with van der Waals surface area (Å²) < 4.78 is 0. The minimum absolute atomic E-state index is 0.119. The highest BCUT2D eigenvalue weighted by atomic mass is 16.1. The smallest absolute Gasteiger partial charge is 0.222 e. The zero-order chi connectivity index (χ0) is 8.85. The van der Waals surface area contributed by atoms with Crippen LogP contribution in [0.1, 0.15) is 0 Å². The Bertz CT molecular complexity index is 152. The Balaban J connectivity index is 3.66. The normalized spacial score (nSPS) is 11.0. The van der Waals surface area contributed by atoms with Gasteiger partial charge in [0.2, 0.25) is 6.71 Å². The van der Waals surface area contributed by atoms with Gasteiger partial charge in [-0.25, -0.2) is 0 Å². The first kappa shape index (κ1) is 10.4. The molecule has 0 aromatic rings. The summed E-state index contributed by atoms with van der Waals surface area (Å²) in [6.45, 7) is 4.76. The molecule has 0 spiro atoms. The summed E-state index contributed by atoms with van der Waals surface area (Å²) in [6, 6.07) is 0. The maximum Gasteiger partial charge on any atom is 0.222 e. The van der Waals surface area contributed by atoms with Gasteiger partial charge in [-0.05, 0) is 20.2 Å². The number of carbonyl (C=O) groups is 1. The van der Waals surface area contributed by atoms with Crippen LogP contribution in [0.2, 0.25) is 13.6 Å². The monoisotopic (exact) mass is 153 g/mol. The molecule has 0 aromatic heterocycles. The number of hydrogen-bond donors (Lipinski definition) is 0. The molecule has 2 nitrogen and oxygen atoms in total. The molecule has 0 aromatic carbocycles. The lowest BCUT2D eigenvalue weighted by Gasteiger charge is -2.03. The third-order valence-electron chi connectivity index (χ3n) is 1.32. The maximum atomic E-state index is 11.0. The van der Waals surface area contributed by atoms with Gasteiger partial charge in [-0.2, -0.15) is 0 Å². The quantitative estimate of drug-likeness (QED) is 0.443. The van der Waals surface area contributed by atoms with Crippen molar-refractivity contribution in [3.8, 4) is 0 Å². The Hall–Kier alpha value is -0.565. The van der Waals surface area contributed by atoms with Crippen LogP contribution in [0.25, 0.3) is 0 Å². The molecule has 0 N–H and O–H groups in total. The van der Waals surface area contributed by atoms with E-state index in [9.17, 15) is 4.79 Å². The van der Waals surface area contributed by atoms with Crippen molar-refractivity contribution < 1.29 is 4.79 Å². The minimum atomic E-state index is 0.119. The number of rotatable bonds is 4. The van der Waals surface area contributed by atoms with Gasteiger partial charge in [0.15, 0.2) is 0 Å². The molecule has 0 amide bonds. The van der Waals surface area contributed by atoms with Gasteiger partial charge < -0.3 is 9.69 Å². The molecule has 0 rings (SSSR count). The topological polar surface area (TPSA) is 20.3 Å². The van der Waals surface area contributed by atoms with Crippen molar-refractivity contribution in [3.05, 3.63) is 12.2 Å². The van der Waals surface area contributed by atoms with E-state index in [1.165, 1.54) is 0 Å². The van der Waals surface area contributed by atoms with E-state index in [0.717, 1.165) is 6.54 Å². The molecule has 62 valence electrons. The van der Waals surface area contributed by atoms with Crippen LogP contribution in [0, 0.1) is 0 Å². The molecule has 0 saturated heterocycles. The lowest BCUT2D eigenvalue weighted by molar-refractivity contribution is -0.108. The molecule has 3 heteroatoms. The van der Waals surface area contributed by atoms with Crippen molar-refractivity contribution >= 4 is 12.4 Å². The Kier molecular flexibility index (Phi) is 4.87. The summed E-state index contributed by atoms with van der Waals surface area (Å²) in [5.41, 5.74) is 0.201. The zero-order valence-electron chi connectivity index (χ0n) is 7.79. The average Bonchev–Trinajstić information content (AvgIpc) is 1.86. The Labute approximate surface area is 69.3 Å². The Morgan fingerprint density at radius 2 is 2.00 bits per heavy atom. The molecule has 0 fully saturated rings. The highest BCUT2D eigenvalue weighted by Crippen LogP contribution is 1.86. The van der Waals surface area contributed by atoms with Gasteiger partial charge in [-0.15, -0.1) is 0 Å². The molecule has 0 bridgehead atoms. The second-order valence-corrected chi connectivity index (χ2v) is 3.22. The summed E-state index contributed by atoms with van der Waals surface area (Å²) in [7, 11) is 3.95. The van der Waals surface area contributed by atoms with Crippen LogP contribution in [-0.4, -0.2) is 37.9 Å². The van der Waals surface area contributed by atoms with E-state index in [0.29, 0.717) is 0 Å². The molecule has 0 aliphatic rings. The highest BCUT2D eigenvalue weighted by molar-refractivity contribution is 6.90. The van der Waals surface area contributed by atoms with E-state index in [4.69, 9.17) is 0 Å². The van der Waals surface area contributed by atoms with Crippen LogP contribution < -0.4 is 0 Å². The predicted molar refractivity (Wildman–Crippen MR) is 50.2 cm³/mol. The number of allylic oxidation sites excluding steroid dienone is 1. The van der Waals surface area contributed by atoms with Gasteiger partial charge in [0, 0.05) is 6.54 Å².